The lowest BCUT2D eigenvalue weighted by Gasteiger charge is -2.33. The lowest BCUT2D eigenvalue weighted by atomic mass is 9.97. The fourth-order valence-electron chi connectivity index (χ4n) is 3.71. The van der Waals surface area contributed by atoms with Gasteiger partial charge in [-0.1, -0.05) is 33.6 Å². The molecule has 1 unspecified atom stereocenters. The summed E-state index contributed by atoms with van der Waals surface area (Å²) in [6.45, 7) is 5.41. The van der Waals surface area contributed by atoms with Crippen LogP contribution in [0, 0.1) is 19.8 Å². The number of hydrogen-bond donors (Lipinski definition) is 1. The summed E-state index contributed by atoms with van der Waals surface area (Å²) in [5, 5.41) is 3.09. The van der Waals surface area contributed by atoms with Gasteiger partial charge in [-0.25, -0.2) is 9.97 Å². The van der Waals surface area contributed by atoms with Crippen molar-refractivity contribution in [2.45, 2.75) is 26.7 Å². The number of aromatic nitrogens is 2. The van der Waals surface area contributed by atoms with E-state index in [2.05, 4.69) is 36.1 Å². The van der Waals surface area contributed by atoms with E-state index in [4.69, 9.17) is 4.74 Å². The number of anilines is 2. The predicted octanol–water partition coefficient (Wildman–Crippen LogP) is 5.50. The summed E-state index contributed by atoms with van der Waals surface area (Å²) in [6, 6.07) is 13.7. The molecular formula is C24H25BrN4O2. The number of aryl methyl sites for hydroxylation is 2. The molecule has 4 rings (SSSR count). The summed E-state index contributed by atoms with van der Waals surface area (Å²) >= 11 is 3.46. The fraction of sp³-hybridized carbons (Fsp3) is 0.292. The molecule has 1 aromatic heterocycles. The third-order valence-electron chi connectivity index (χ3n) is 5.42. The van der Waals surface area contributed by atoms with E-state index in [-0.39, 0.29) is 11.8 Å². The third kappa shape index (κ3) is 5.22. The van der Waals surface area contributed by atoms with Crippen molar-refractivity contribution in [1.29, 1.82) is 0 Å². The van der Waals surface area contributed by atoms with Crippen molar-refractivity contribution in [3.63, 3.8) is 0 Å². The van der Waals surface area contributed by atoms with E-state index in [1.54, 1.807) is 12.4 Å². The van der Waals surface area contributed by atoms with Gasteiger partial charge in [-0.2, -0.15) is 0 Å². The van der Waals surface area contributed by atoms with Crippen LogP contribution in [0.3, 0.4) is 0 Å². The molecule has 1 aliphatic rings. The molecule has 0 bridgehead atoms. The first kappa shape index (κ1) is 21.3. The largest absolute Gasteiger partial charge is 0.436 e. The molecule has 0 radical (unpaired) electrons. The molecule has 0 saturated carbocycles. The Hall–Kier alpha value is -2.93. The minimum absolute atomic E-state index is 0.0278. The number of rotatable bonds is 5. The number of halogens is 1. The molecule has 1 fully saturated rings. The number of carbonyl (C=O) groups excluding carboxylic acids is 1. The van der Waals surface area contributed by atoms with Crippen LogP contribution in [0.2, 0.25) is 0 Å². The molecule has 31 heavy (non-hydrogen) atoms. The molecule has 0 spiro atoms. The molecular weight excluding hydrogens is 456 g/mol. The molecule has 3 aromatic rings. The minimum Gasteiger partial charge on any atom is -0.436 e. The monoisotopic (exact) mass is 480 g/mol. The zero-order chi connectivity index (χ0) is 21.8. The van der Waals surface area contributed by atoms with Gasteiger partial charge in [0.1, 0.15) is 5.75 Å². The van der Waals surface area contributed by atoms with Gasteiger partial charge in [0.25, 0.3) is 5.88 Å². The third-order valence-corrected chi connectivity index (χ3v) is 5.91. The lowest BCUT2D eigenvalue weighted by molar-refractivity contribution is -0.120. The molecule has 1 atom stereocenters. The maximum absolute atomic E-state index is 13.0. The highest BCUT2D eigenvalue weighted by Gasteiger charge is 2.29. The van der Waals surface area contributed by atoms with Crippen LogP contribution in [0.4, 0.5) is 11.5 Å². The highest BCUT2D eigenvalue weighted by Crippen LogP contribution is 2.31. The molecule has 1 aliphatic heterocycles. The number of piperidine rings is 1. The average Bonchev–Trinajstić information content (AvgIpc) is 2.78. The van der Waals surface area contributed by atoms with Crippen molar-refractivity contribution in [2.24, 2.45) is 5.92 Å². The van der Waals surface area contributed by atoms with Gasteiger partial charge < -0.3 is 15.0 Å². The minimum atomic E-state index is -0.133. The Balaban J connectivity index is 1.48. The summed E-state index contributed by atoms with van der Waals surface area (Å²) in [5.74, 6) is 1.73. The van der Waals surface area contributed by atoms with Gasteiger partial charge in [0.05, 0.1) is 5.92 Å². The van der Waals surface area contributed by atoms with Crippen LogP contribution < -0.4 is 15.0 Å². The van der Waals surface area contributed by atoms with Crippen molar-refractivity contribution >= 4 is 33.3 Å². The van der Waals surface area contributed by atoms with E-state index in [1.165, 1.54) is 0 Å². The van der Waals surface area contributed by atoms with Gasteiger partial charge in [0.15, 0.2) is 5.82 Å². The van der Waals surface area contributed by atoms with E-state index in [9.17, 15) is 4.79 Å². The van der Waals surface area contributed by atoms with Gasteiger partial charge in [-0.15, -0.1) is 0 Å². The van der Waals surface area contributed by atoms with Crippen LogP contribution in [-0.4, -0.2) is 29.0 Å². The molecule has 2 aromatic carbocycles. The first-order valence-corrected chi connectivity index (χ1v) is 11.2. The Morgan fingerprint density at radius 1 is 1.13 bits per heavy atom. The zero-order valence-electron chi connectivity index (χ0n) is 17.6. The average molecular weight is 481 g/mol. The molecule has 1 amide bonds. The summed E-state index contributed by atoms with van der Waals surface area (Å²) in [4.78, 5) is 24.0. The normalized spacial score (nSPS) is 16.1. The van der Waals surface area contributed by atoms with Crippen LogP contribution in [-0.2, 0) is 4.79 Å². The summed E-state index contributed by atoms with van der Waals surface area (Å²) < 4.78 is 7.01. The second-order valence-electron chi connectivity index (χ2n) is 7.83. The maximum Gasteiger partial charge on any atom is 0.263 e. The van der Waals surface area contributed by atoms with E-state index < -0.39 is 0 Å². The second kappa shape index (κ2) is 9.47. The Labute approximate surface area is 190 Å². The van der Waals surface area contributed by atoms with E-state index >= 15 is 0 Å². The van der Waals surface area contributed by atoms with E-state index in [0.29, 0.717) is 24.0 Å². The van der Waals surface area contributed by atoms with Crippen LogP contribution in [0.15, 0.2) is 59.3 Å². The summed E-state index contributed by atoms with van der Waals surface area (Å²) in [5.41, 5.74) is 3.03. The first-order chi connectivity index (χ1) is 15.0. The van der Waals surface area contributed by atoms with Crippen molar-refractivity contribution in [1.82, 2.24) is 9.97 Å². The van der Waals surface area contributed by atoms with Crippen LogP contribution in [0.25, 0.3) is 0 Å². The number of nitrogens with zero attached hydrogens (tertiary/aromatic N) is 3. The number of nitrogens with one attached hydrogen (secondary N) is 1. The first-order valence-electron chi connectivity index (χ1n) is 10.4. The maximum atomic E-state index is 13.0. The van der Waals surface area contributed by atoms with Crippen molar-refractivity contribution < 1.29 is 9.53 Å². The fourth-order valence-corrected chi connectivity index (χ4v) is 4.19. The van der Waals surface area contributed by atoms with E-state index in [0.717, 1.165) is 40.7 Å². The van der Waals surface area contributed by atoms with Crippen LogP contribution in [0.1, 0.15) is 24.0 Å². The SMILES string of the molecule is Cc1ccc(Oc2nccnc2N2CCCC(C(=O)Nc3ccc(Br)cc3C)C2)cc1. The second-order valence-corrected chi connectivity index (χ2v) is 8.75. The topological polar surface area (TPSA) is 67.4 Å². The lowest BCUT2D eigenvalue weighted by Crippen LogP contribution is -2.41. The van der Waals surface area contributed by atoms with E-state index in [1.807, 2.05) is 56.3 Å². The molecule has 1 N–H and O–H groups in total. The van der Waals surface area contributed by atoms with Crippen molar-refractivity contribution in [3.05, 3.63) is 70.5 Å². The smallest absolute Gasteiger partial charge is 0.263 e. The highest BCUT2D eigenvalue weighted by atomic mass is 79.9. The van der Waals surface area contributed by atoms with Gasteiger partial charge >= 0.3 is 0 Å². The Morgan fingerprint density at radius 2 is 1.90 bits per heavy atom. The molecule has 160 valence electrons. The highest BCUT2D eigenvalue weighted by molar-refractivity contribution is 9.10. The number of benzene rings is 2. The molecule has 1 saturated heterocycles. The zero-order valence-corrected chi connectivity index (χ0v) is 19.2. The van der Waals surface area contributed by atoms with Gasteiger partial charge in [0.2, 0.25) is 5.91 Å². The molecule has 7 heteroatoms. The number of amides is 1. The summed E-state index contributed by atoms with van der Waals surface area (Å²) in [7, 11) is 0. The van der Waals surface area contributed by atoms with Gasteiger partial charge in [-0.3, -0.25) is 4.79 Å². The quantitative estimate of drug-likeness (QED) is 0.521. The summed E-state index contributed by atoms with van der Waals surface area (Å²) in [6.07, 6.45) is 5.02. The number of carbonyl (C=O) groups is 1. The number of hydrogen-bond acceptors (Lipinski definition) is 5. The van der Waals surface area contributed by atoms with Gasteiger partial charge in [-0.05, 0) is 62.6 Å². The van der Waals surface area contributed by atoms with Crippen molar-refractivity contribution in [3.8, 4) is 11.6 Å². The predicted molar refractivity (Wildman–Crippen MR) is 126 cm³/mol. The molecule has 2 heterocycles. The molecule has 6 nitrogen and oxygen atoms in total. The molecule has 0 aliphatic carbocycles. The Morgan fingerprint density at radius 3 is 2.68 bits per heavy atom. The Bertz CT molecular complexity index is 1070. The van der Waals surface area contributed by atoms with Crippen LogP contribution >= 0.6 is 15.9 Å². The number of ether oxygens (including phenoxy) is 1. The standard InChI is InChI=1S/C24H25BrN4O2/c1-16-5-8-20(9-6-16)31-24-22(26-11-12-27-24)29-13-3-4-18(15-29)23(30)28-21-10-7-19(25)14-17(21)2/h5-12,14,18H,3-4,13,15H2,1-2H3,(H,28,30). The van der Waals surface area contributed by atoms with Crippen molar-refractivity contribution in [2.75, 3.05) is 23.3 Å². The van der Waals surface area contributed by atoms with Gasteiger partial charge in [0, 0.05) is 35.6 Å². The van der Waals surface area contributed by atoms with Crippen LogP contribution in [0.5, 0.6) is 11.6 Å². The Kier molecular flexibility index (Phi) is 6.51.